The smallest absolute Gasteiger partial charge is 0.145 e. The summed E-state index contributed by atoms with van der Waals surface area (Å²) in [6.45, 7) is 14.4. The van der Waals surface area contributed by atoms with Crippen LogP contribution in [-0.4, -0.2) is 175 Å². The van der Waals surface area contributed by atoms with Gasteiger partial charge in [-0.1, -0.05) is 33.6 Å². The second-order valence-electron chi connectivity index (χ2n) is 34.1. The molecular formula is C92H103BrClFIN11O13. The fourth-order valence-corrected chi connectivity index (χ4v) is 20.8. The highest BCUT2D eigenvalue weighted by atomic mass is 127. The van der Waals surface area contributed by atoms with Crippen LogP contribution in [0.25, 0.3) is 44.1 Å². The van der Waals surface area contributed by atoms with Gasteiger partial charge in [0.1, 0.15) is 131 Å². The average molecular weight is 1830 g/mol. The Labute approximate surface area is 722 Å². The van der Waals surface area contributed by atoms with Crippen molar-refractivity contribution in [3.8, 4) is 23.0 Å². The van der Waals surface area contributed by atoms with Crippen LogP contribution in [0.3, 0.4) is 0 Å². The molecule has 632 valence electrons. The molecule has 6 aliphatic carbocycles. The maximum atomic E-state index is 14.4. The predicted molar refractivity (Wildman–Crippen MR) is 467 cm³/mol. The number of benzene rings is 4. The van der Waals surface area contributed by atoms with E-state index in [2.05, 4.69) is 92.3 Å². The van der Waals surface area contributed by atoms with E-state index in [1.54, 1.807) is 32.4 Å². The summed E-state index contributed by atoms with van der Waals surface area (Å²) >= 11 is 12.1. The lowest BCUT2D eigenvalue weighted by molar-refractivity contribution is -0.0167. The summed E-state index contributed by atoms with van der Waals surface area (Å²) in [6, 6.07) is 26.2. The molecule has 0 amide bonds. The van der Waals surface area contributed by atoms with Gasteiger partial charge in [-0.2, -0.15) is 0 Å². The third-order valence-corrected chi connectivity index (χ3v) is 27.8. The zero-order chi connectivity index (χ0) is 83.9. The Balaban J connectivity index is 0.000000114. The van der Waals surface area contributed by atoms with E-state index in [9.17, 15) is 50.3 Å². The summed E-state index contributed by atoms with van der Waals surface area (Å²) in [6.07, 6.45) is 16.5. The molecule has 10 heterocycles. The molecule has 0 saturated heterocycles. The van der Waals surface area contributed by atoms with Crippen molar-refractivity contribution in [3.63, 3.8) is 0 Å². The molecule has 12 aromatic rings. The van der Waals surface area contributed by atoms with Crippen LogP contribution >= 0.6 is 50.1 Å². The lowest BCUT2D eigenvalue weighted by atomic mass is 9.86. The Bertz CT molecular complexity index is 5800. The van der Waals surface area contributed by atoms with Crippen LogP contribution in [0.4, 0.5) is 4.39 Å². The second-order valence-corrected chi connectivity index (χ2v) is 36.5. The monoisotopic (exact) mass is 1830 g/mol. The lowest BCUT2D eigenvalue weighted by Gasteiger charge is -2.27. The third kappa shape index (κ3) is 16.2. The van der Waals surface area contributed by atoms with Gasteiger partial charge < -0.3 is 93.8 Å². The molecule has 8 aliphatic rings. The molecule has 28 heteroatoms. The summed E-state index contributed by atoms with van der Waals surface area (Å²) in [7, 11) is 0. The van der Waals surface area contributed by atoms with Gasteiger partial charge in [0, 0.05) is 129 Å². The average Bonchev–Trinajstić information content (AvgIpc) is 1.50. The van der Waals surface area contributed by atoms with Crippen LogP contribution in [0.15, 0.2) is 139 Å². The van der Waals surface area contributed by atoms with E-state index in [4.69, 9.17) is 30.5 Å². The Kier molecular flexibility index (Phi) is 24.4. The Hall–Kier alpha value is -8.24. The van der Waals surface area contributed by atoms with Crippen molar-refractivity contribution in [2.75, 3.05) is 13.1 Å². The molecule has 4 aromatic carbocycles. The second kappa shape index (κ2) is 34.8. The van der Waals surface area contributed by atoms with Crippen molar-refractivity contribution in [3.05, 3.63) is 226 Å². The first-order valence-electron chi connectivity index (χ1n) is 41.8. The standard InChI is InChI=1S/C26H32N2O4.C22H24BrN3O3.C22H23ClFN3O3.C22H24IN3O3/c1-15-8-10-27-25-18(15)9-11-28(25)20-14-22(24(30)23(20)29)32-21-13-17(26(2,3)31)12-16-6-4-5-7-19(16)21;1-12-2-6-25-22-15(12)4-7-26(22)17-10-19(21(28)20(17)27)29-18-9-14(23)8-13-3-5-24-11-16(13)18;1-11-2-6-26-22-12(11)4-7-27(22)16-9-18(21(29)20(16)28)30-17-8-15(23)19(24)13-3-5-25-10-14(13)17;1-12-13-8-9-26(22(13)25-11-24-12)17-10-19(21(28)20(17)27)29-18-7-6-16(23)14-4-2-3-5-15(14)18/h8-13,20,22-24,29-31H,4-7,14H2,1-3H3;2,4,6-9,17,19-21,24,27-28H,3,5,10-11H2,1H3;2,4,6-8,16,18,20-21,25,28-29H,3,5,9-10H2,1H3;6-9,11,17,19-21,27-28H,2-5,10H2,1H3/t20-,22+,23+,24-;17-,19+,20+,21-;16-,18+,20+,21-;17-,19+,20+,21-/m1111/s1. The number of hydrogen-bond acceptors (Lipinski definition) is 20. The number of aryl methyl sites for hydroxylation is 5. The molecule has 4 saturated carbocycles. The van der Waals surface area contributed by atoms with Crippen LogP contribution in [-0.2, 0) is 57.2 Å². The van der Waals surface area contributed by atoms with Gasteiger partial charge in [0.05, 0.1) is 40.5 Å². The van der Waals surface area contributed by atoms with Gasteiger partial charge >= 0.3 is 0 Å². The Morgan fingerprint density at radius 1 is 0.442 bits per heavy atom. The Morgan fingerprint density at radius 3 is 1.36 bits per heavy atom. The van der Waals surface area contributed by atoms with Crippen molar-refractivity contribution in [1.82, 2.24) is 53.8 Å². The summed E-state index contributed by atoms with van der Waals surface area (Å²) in [5.41, 5.74) is 16.0. The van der Waals surface area contributed by atoms with Gasteiger partial charge in [-0.25, -0.2) is 29.3 Å². The molecule has 24 nitrogen and oxygen atoms in total. The SMILES string of the molecule is Cc1ccnc2c1ccn2[C@@H]1C[C@H](Oc2cc(Br)cc3c2CNCC3)[C@@H](O)[C@H]1O.Cc1ccnc2c1ccn2[C@@H]1C[C@H](Oc2cc(C(C)(C)O)cc3c2CCCC3)[C@@H](O)[C@H]1O.Cc1ccnc2c1ccn2[C@@H]1C[C@H](Oc2cc(Cl)c(F)c3c2CNCC3)[C@@H](O)[C@H]1O.Cc1ncnc2c1ccn2[C@@H]1C[C@H](Oc2ccc(I)c3c2CCCC3)[C@@H](O)[C@H]1O. The maximum Gasteiger partial charge on any atom is 0.145 e. The zero-order valence-electron chi connectivity index (χ0n) is 67.9. The fourth-order valence-electron chi connectivity index (χ4n) is 19.3. The molecule has 4 fully saturated rings. The summed E-state index contributed by atoms with van der Waals surface area (Å²) in [4.78, 5) is 22.1. The molecule has 0 unspecified atom stereocenters. The summed E-state index contributed by atoms with van der Waals surface area (Å²) in [5.74, 6) is 2.39. The number of fused-ring (bicyclic) bond motifs is 8. The number of rotatable bonds is 13. The van der Waals surface area contributed by atoms with Gasteiger partial charge in [-0.3, -0.25) is 0 Å². The lowest BCUT2D eigenvalue weighted by Crippen LogP contribution is -2.35. The van der Waals surface area contributed by atoms with Crippen molar-refractivity contribution in [2.45, 2.75) is 248 Å². The van der Waals surface area contributed by atoms with Crippen LogP contribution in [0.5, 0.6) is 23.0 Å². The fraction of sp³-hybridized carbons (Fsp3) is 0.446. The molecule has 0 spiro atoms. The van der Waals surface area contributed by atoms with Gasteiger partial charge in [-0.05, 0) is 270 Å². The third-order valence-electron chi connectivity index (χ3n) is 26.1. The highest BCUT2D eigenvalue weighted by Gasteiger charge is 2.49. The van der Waals surface area contributed by atoms with Crippen molar-refractivity contribution >= 4 is 94.3 Å². The number of aliphatic hydroxyl groups excluding tert-OH is 8. The number of pyridine rings is 3. The molecule has 0 radical (unpaired) electrons. The molecule has 2 aliphatic heterocycles. The van der Waals surface area contributed by atoms with E-state index in [1.165, 1.54) is 44.6 Å². The predicted octanol–water partition coefficient (Wildman–Crippen LogP) is 12.7. The van der Waals surface area contributed by atoms with Crippen LogP contribution < -0.4 is 29.6 Å². The first kappa shape index (κ1) is 84.0. The molecule has 16 atom stereocenters. The van der Waals surface area contributed by atoms with Crippen LogP contribution in [0.1, 0.15) is 162 Å². The highest BCUT2D eigenvalue weighted by Crippen LogP contribution is 2.46. The zero-order valence-corrected chi connectivity index (χ0v) is 72.4. The minimum atomic E-state index is -1.09. The van der Waals surface area contributed by atoms with E-state index >= 15 is 0 Å². The normalized spacial score (nSPS) is 26.3. The largest absolute Gasteiger partial charge is 0.487 e. The van der Waals surface area contributed by atoms with Crippen LogP contribution in [0.2, 0.25) is 5.02 Å². The molecule has 11 N–H and O–H groups in total. The topological polar surface area (TPSA) is 327 Å². The van der Waals surface area contributed by atoms with Crippen molar-refractivity contribution in [2.24, 2.45) is 0 Å². The highest BCUT2D eigenvalue weighted by molar-refractivity contribution is 14.1. The molecule has 8 aromatic heterocycles. The van der Waals surface area contributed by atoms with Crippen molar-refractivity contribution in [1.29, 1.82) is 0 Å². The van der Waals surface area contributed by atoms with Gasteiger partial charge in [-0.15, -0.1) is 0 Å². The number of aliphatic hydroxyl groups is 9. The first-order chi connectivity index (χ1) is 57.8. The maximum absolute atomic E-state index is 14.4. The molecule has 0 bridgehead atoms. The number of halogens is 4. The quantitative estimate of drug-likeness (QED) is 0.0478. The Morgan fingerprint density at radius 2 is 0.858 bits per heavy atom. The number of hydrogen-bond donors (Lipinski definition) is 11. The van der Waals surface area contributed by atoms with E-state index in [0.29, 0.717) is 56.5 Å². The number of aromatic nitrogens is 9. The number of nitrogens with one attached hydrogen (secondary N) is 2. The molecule has 20 rings (SSSR count). The van der Waals surface area contributed by atoms with Gasteiger partial charge in [0.25, 0.3) is 0 Å². The van der Waals surface area contributed by atoms with E-state index in [0.717, 1.165) is 175 Å². The van der Waals surface area contributed by atoms with E-state index in [-0.39, 0.29) is 29.2 Å². The van der Waals surface area contributed by atoms with Gasteiger partial charge in [0.2, 0.25) is 0 Å². The first-order valence-corrected chi connectivity index (χ1v) is 44.1. The minimum absolute atomic E-state index is 0.00585. The molecule has 120 heavy (non-hydrogen) atoms. The minimum Gasteiger partial charge on any atom is -0.487 e. The van der Waals surface area contributed by atoms with E-state index in [1.807, 2.05) is 131 Å². The number of nitrogens with zero attached hydrogens (tertiary/aromatic N) is 9. The van der Waals surface area contributed by atoms with Gasteiger partial charge in [0.15, 0.2) is 0 Å². The number of ether oxygens (including phenoxy) is 4. The summed E-state index contributed by atoms with van der Waals surface area (Å²) < 4.78 is 49.6. The summed E-state index contributed by atoms with van der Waals surface area (Å²) in [5, 5.41) is 108. The van der Waals surface area contributed by atoms with E-state index < -0.39 is 84.7 Å². The molecular weight excluding hydrogens is 1730 g/mol. The van der Waals surface area contributed by atoms with Crippen molar-refractivity contribution < 1.29 is 69.3 Å². The van der Waals surface area contributed by atoms with Crippen LogP contribution in [0, 0.1) is 37.1 Å².